The standard InChI is InChI=1S/C26H27Cl2FN2O2/c1-17(13-20-5-4-6-22(29)14-20)30(3)16-25-23(27)15-24(28)26(33)31(25)12-11-19-7-9-21(10-8-19)18(2)32/h4-10,14-15,17H,11-13,16H2,1-3H3. The molecule has 0 bridgehead atoms. The van der Waals surface area contributed by atoms with Crippen LogP contribution in [0.1, 0.15) is 41.0 Å². The summed E-state index contributed by atoms with van der Waals surface area (Å²) in [6.45, 7) is 4.42. The highest BCUT2D eigenvalue weighted by Gasteiger charge is 2.18. The number of likely N-dealkylation sites (N-methyl/N-ethyl adjacent to an activating group) is 1. The molecule has 0 aliphatic rings. The Morgan fingerprint density at radius 3 is 2.39 bits per heavy atom. The Hall–Kier alpha value is -2.47. The number of hydrogen-bond acceptors (Lipinski definition) is 3. The maximum atomic E-state index is 13.5. The third kappa shape index (κ3) is 6.53. The lowest BCUT2D eigenvalue weighted by molar-refractivity contribution is 0.101. The van der Waals surface area contributed by atoms with E-state index in [9.17, 15) is 14.0 Å². The van der Waals surface area contributed by atoms with Gasteiger partial charge < -0.3 is 4.57 Å². The number of Topliss-reactive ketones (excluding diaryl/α,β-unsaturated/α-hetero) is 1. The molecule has 4 nitrogen and oxygen atoms in total. The molecule has 0 aliphatic carbocycles. The Morgan fingerprint density at radius 1 is 1.06 bits per heavy atom. The summed E-state index contributed by atoms with van der Waals surface area (Å²) in [5, 5.41) is 0.502. The van der Waals surface area contributed by atoms with Crippen LogP contribution >= 0.6 is 23.2 Å². The van der Waals surface area contributed by atoms with Crippen molar-refractivity contribution >= 4 is 29.0 Å². The van der Waals surface area contributed by atoms with Gasteiger partial charge in [-0.05, 0) is 63.1 Å². The van der Waals surface area contributed by atoms with E-state index < -0.39 is 0 Å². The van der Waals surface area contributed by atoms with Gasteiger partial charge in [-0.25, -0.2) is 4.39 Å². The van der Waals surface area contributed by atoms with Gasteiger partial charge in [0, 0.05) is 24.7 Å². The van der Waals surface area contributed by atoms with Gasteiger partial charge in [0.25, 0.3) is 5.56 Å². The van der Waals surface area contributed by atoms with E-state index in [1.165, 1.54) is 25.1 Å². The highest BCUT2D eigenvalue weighted by molar-refractivity contribution is 6.34. The minimum atomic E-state index is -0.289. The lowest BCUT2D eigenvalue weighted by Crippen LogP contribution is -2.34. The zero-order valence-corrected chi connectivity index (χ0v) is 20.5. The first-order valence-electron chi connectivity index (χ1n) is 10.8. The van der Waals surface area contributed by atoms with Crippen LogP contribution in [-0.2, 0) is 25.9 Å². The average molecular weight is 489 g/mol. The van der Waals surface area contributed by atoms with Crippen molar-refractivity contribution in [3.63, 3.8) is 0 Å². The number of hydrogen-bond donors (Lipinski definition) is 0. The fourth-order valence-electron chi connectivity index (χ4n) is 3.73. The van der Waals surface area contributed by atoms with Crippen LogP contribution in [0, 0.1) is 5.82 Å². The molecule has 1 atom stereocenters. The van der Waals surface area contributed by atoms with Crippen LogP contribution < -0.4 is 5.56 Å². The third-order valence-electron chi connectivity index (χ3n) is 5.86. The van der Waals surface area contributed by atoms with Crippen molar-refractivity contribution in [3.05, 3.63) is 103 Å². The molecular weight excluding hydrogens is 462 g/mol. The van der Waals surface area contributed by atoms with Crippen LogP contribution in [0.25, 0.3) is 0 Å². The maximum Gasteiger partial charge on any atom is 0.269 e. The molecule has 0 saturated heterocycles. The van der Waals surface area contributed by atoms with Crippen LogP contribution in [0.5, 0.6) is 0 Å². The first kappa shape index (κ1) is 25.2. The smallest absolute Gasteiger partial charge is 0.269 e. The van der Waals surface area contributed by atoms with Crippen LogP contribution in [0.3, 0.4) is 0 Å². The van der Waals surface area contributed by atoms with Crippen molar-refractivity contribution < 1.29 is 9.18 Å². The topological polar surface area (TPSA) is 42.3 Å². The normalized spacial score (nSPS) is 12.2. The number of pyridine rings is 1. The molecule has 2 aromatic carbocycles. The number of ketones is 1. The fraction of sp³-hybridized carbons (Fsp3) is 0.308. The Bertz CT molecular complexity index is 1190. The molecule has 1 unspecified atom stereocenters. The number of rotatable bonds is 9. The number of nitrogens with zero attached hydrogens (tertiary/aromatic N) is 2. The number of carbonyl (C=O) groups is 1. The Morgan fingerprint density at radius 2 is 1.76 bits per heavy atom. The zero-order chi connectivity index (χ0) is 24.1. The third-order valence-corrected chi connectivity index (χ3v) is 6.46. The van der Waals surface area contributed by atoms with Gasteiger partial charge >= 0.3 is 0 Å². The molecule has 0 radical (unpaired) electrons. The van der Waals surface area contributed by atoms with Crippen molar-refractivity contribution in [2.75, 3.05) is 7.05 Å². The molecule has 0 saturated carbocycles. The molecule has 0 fully saturated rings. The summed E-state index contributed by atoms with van der Waals surface area (Å²) in [4.78, 5) is 26.4. The summed E-state index contributed by atoms with van der Waals surface area (Å²) in [7, 11) is 1.95. The highest BCUT2D eigenvalue weighted by Crippen LogP contribution is 2.22. The van der Waals surface area contributed by atoms with E-state index in [-0.39, 0.29) is 28.2 Å². The highest BCUT2D eigenvalue weighted by atomic mass is 35.5. The molecule has 3 aromatic rings. The molecule has 0 amide bonds. The Balaban J connectivity index is 1.79. The second-order valence-electron chi connectivity index (χ2n) is 8.34. The summed E-state index contributed by atoms with van der Waals surface area (Å²) < 4.78 is 15.2. The van der Waals surface area contributed by atoms with Gasteiger partial charge in [-0.1, -0.05) is 59.6 Å². The van der Waals surface area contributed by atoms with E-state index in [1.807, 2.05) is 32.2 Å². The predicted molar refractivity (Wildman–Crippen MR) is 132 cm³/mol. The first-order chi connectivity index (χ1) is 15.7. The van der Waals surface area contributed by atoms with Crippen molar-refractivity contribution in [3.8, 4) is 0 Å². The molecule has 7 heteroatoms. The van der Waals surface area contributed by atoms with Gasteiger partial charge in [-0.3, -0.25) is 14.5 Å². The number of halogens is 3. The number of aryl methyl sites for hydroxylation is 1. The van der Waals surface area contributed by atoms with E-state index in [4.69, 9.17) is 23.2 Å². The summed E-state index contributed by atoms with van der Waals surface area (Å²) >= 11 is 12.7. The van der Waals surface area contributed by atoms with Gasteiger partial charge in [0.05, 0.1) is 10.7 Å². The largest absolute Gasteiger partial charge is 0.308 e. The first-order valence-corrected chi connectivity index (χ1v) is 11.5. The van der Waals surface area contributed by atoms with E-state index in [0.717, 1.165) is 11.1 Å². The zero-order valence-electron chi connectivity index (χ0n) is 18.9. The summed E-state index contributed by atoms with van der Waals surface area (Å²) in [6.07, 6.45) is 1.25. The molecule has 0 N–H and O–H groups in total. The average Bonchev–Trinajstić information content (AvgIpc) is 2.77. The minimum Gasteiger partial charge on any atom is -0.308 e. The van der Waals surface area contributed by atoms with Crippen molar-refractivity contribution in [1.82, 2.24) is 9.47 Å². The maximum absolute atomic E-state index is 13.5. The number of carbonyl (C=O) groups excluding carboxylic acids is 1. The van der Waals surface area contributed by atoms with Crippen molar-refractivity contribution in [1.29, 1.82) is 0 Å². The van der Waals surface area contributed by atoms with Gasteiger partial charge in [0.2, 0.25) is 0 Å². The van der Waals surface area contributed by atoms with E-state index in [2.05, 4.69) is 4.90 Å². The molecule has 1 aromatic heterocycles. The molecule has 174 valence electrons. The SMILES string of the molecule is CC(=O)c1ccc(CCn2c(CN(C)C(C)Cc3cccc(F)c3)c(Cl)cc(Cl)c2=O)cc1. The van der Waals surface area contributed by atoms with E-state index in [0.29, 0.717) is 42.2 Å². The Labute approximate surface area is 203 Å². The lowest BCUT2D eigenvalue weighted by Gasteiger charge is -2.27. The monoisotopic (exact) mass is 488 g/mol. The van der Waals surface area contributed by atoms with E-state index in [1.54, 1.807) is 22.8 Å². The summed E-state index contributed by atoms with van der Waals surface area (Å²) in [5.74, 6) is -0.245. The summed E-state index contributed by atoms with van der Waals surface area (Å²) in [6, 6.07) is 15.5. The van der Waals surface area contributed by atoms with Gasteiger partial charge in [0.15, 0.2) is 5.78 Å². The molecule has 33 heavy (non-hydrogen) atoms. The van der Waals surface area contributed by atoms with Gasteiger partial charge in [-0.15, -0.1) is 0 Å². The van der Waals surface area contributed by atoms with Crippen LogP contribution in [0.4, 0.5) is 4.39 Å². The number of aromatic nitrogens is 1. The number of benzene rings is 2. The lowest BCUT2D eigenvalue weighted by atomic mass is 10.1. The van der Waals surface area contributed by atoms with Crippen molar-refractivity contribution in [2.24, 2.45) is 0 Å². The quantitative estimate of drug-likeness (QED) is 0.357. The molecule has 3 rings (SSSR count). The second-order valence-corrected chi connectivity index (χ2v) is 9.16. The minimum absolute atomic E-state index is 0.0112. The predicted octanol–water partition coefficient (Wildman–Crippen LogP) is 5.80. The van der Waals surface area contributed by atoms with Crippen LogP contribution in [0.15, 0.2) is 59.4 Å². The van der Waals surface area contributed by atoms with E-state index >= 15 is 0 Å². The van der Waals surface area contributed by atoms with Crippen molar-refractivity contribution in [2.45, 2.75) is 45.8 Å². The van der Waals surface area contributed by atoms with Crippen LogP contribution in [-0.4, -0.2) is 28.3 Å². The summed E-state index contributed by atoms with van der Waals surface area (Å²) in [5.41, 5.74) is 2.95. The van der Waals surface area contributed by atoms with Crippen LogP contribution in [0.2, 0.25) is 10.0 Å². The van der Waals surface area contributed by atoms with Gasteiger partial charge in [-0.2, -0.15) is 0 Å². The molecule has 1 heterocycles. The fourth-order valence-corrected chi connectivity index (χ4v) is 4.27. The van der Waals surface area contributed by atoms with Gasteiger partial charge in [0.1, 0.15) is 10.8 Å². The molecule has 0 aliphatic heterocycles. The molecule has 0 spiro atoms. The second kappa shape index (κ2) is 11.1. The molecular formula is C26H27Cl2FN2O2. The Kier molecular flexibility index (Phi) is 8.46.